The lowest BCUT2D eigenvalue weighted by Gasteiger charge is -2.47. The number of aliphatic hydroxyl groups is 4. The van der Waals surface area contributed by atoms with Gasteiger partial charge in [-0.25, -0.2) is 0 Å². The Morgan fingerprint density at radius 2 is 1.59 bits per heavy atom. The lowest BCUT2D eigenvalue weighted by molar-refractivity contribution is -0.313. The van der Waals surface area contributed by atoms with Crippen LogP contribution in [-0.4, -0.2) is 119 Å². The molecule has 2 heterocycles. The molecule has 3 rings (SSSR count). The van der Waals surface area contributed by atoms with E-state index >= 15 is 0 Å². The Kier molecular flexibility index (Phi) is 9.58. The van der Waals surface area contributed by atoms with E-state index in [2.05, 4.69) is 5.32 Å². The molecule has 14 heteroatoms. The smallest absolute Gasteiger partial charge is 0.217 e. The Morgan fingerprint density at radius 1 is 0.971 bits per heavy atom. The Hall–Kier alpha value is -1.01. The molecule has 1 amide bonds. The normalized spacial score (nSPS) is 47.9. The van der Waals surface area contributed by atoms with Crippen molar-refractivity contribution in [2.24, 2.45) is 22.9 Å². The lowest BCUT2D eigenvalue weighted by atomic mass is 9.84. The summed E-state index contributed by atoms with van der Waals surface area (Å²) < 4.78 is 23.2. The maximum atomic E-state index is 11.6. The molecule has 3 fully saturated rings. The first-order chi connectivity index (χ1) is 16.1. The Labute approximate surface area is 197 Å². The van der Waals surface area contributed by atoms with Crippen LogP contribution in [0.1, 0.15) is 26.2 Å². The fourth-order valence-electron chi connectivity index (χ4n) is 4.73. The van der Waals surface area contributed by atoms with E-state index in [9.17, 15) is 25.2 Å². The van der Waals surface area contributed by atoms with Crippen molar-refractivity contribution >= 4 is 5.91 Å². The van der Waals surface area contributed by atoms with E-state index < -0.39 is 80.0 Å². The number of aliphatic hydroxyl groups excluding tert-OH is 4. The highest BCUT2D eigenvalue weighted by atomic mass is 16.7. The third kappa shape index (κ3) is 6.03. The molecule has 14 nitrogen and oxygen atoms in total. The predicted octanol–water partition coefficient (Wildman–Crippen LogP) is -5.09. The zero-order chi connectivity index (χ0) is 25.2. The molecule has 1 aliphatic carbocycles. The molecule has 13 N–H and O–H groups in total. The van der Waals surface area contributed by atoms with E-state index in [4.69, 9.17) is 41.9 Å². The van der Waals surface area contributed by atoms with Crippen LogP contribution in [0.4, 0.5) is 0 Å². The fourth-order valence-corrected chi connectivity index (χ4v) is 4.73. The minimum absolute atomic E-state index is 0.200. The molecule has 0 spiro atoms. The summed E-state index contributed by atoms with van der Waals surface area (Å²) in [5.41, 5.74) is 24.0. The van der Waals surface area contributed by atoms with E-state index in [-0.39, 0.29) is 25.0 Å². The summed E-state index contributed by atoms with van der Waals surface area (Å²) in [4.78, 5) is 11.6. The quantitative estimate of drug-likeness (QED) is 0.161. The molecule has 0 unspecified atom stereocenters. The van der Waals surface area contributed by atoms with Crippen LogP contribution in [0.3, 0.4) is 0 Å². The summed E-state index contributed by atoms with van der Waals surface area (Å²) >= 11 is 0. The standard InChI is InChI=1S/C20H39N5O9/c1-7(27)25-11-3-2-8(5-21)31-19(11)33-17-9(22)4-10(23)18(16(17)30)34-20-15(29)13(24)14(28)12(6-26)32-20/h8-20,26,28-30H,2-6,21-24H2,1H3,(H,25,27)/t8-,9-,10+,11+,12+,13-,14+,15+,16-,17+,18-,19+,20+/m0/s1. The fraction of sp³-hybridized carbons (Fsp3) is 0.950. The summed E-state index contributed by atoms with van der Waals surface area (Å²) in [6, 6.07) is -3.05. The third-order valence-corrected chi connectivity index (χ3v) is 6.69. The average Bonchev–Trinajstić information content (AvgIpc) is 2.79. The highest BCUT2D eigenvalue weighted by Gasteiger charge is 2.50. The number of rotatable bonds is 7. The number of carbonyl (C=O) groups is 1. The number of amides is 1. The number of carbonyl (C=O) groups excluding carboxylic acids is 1. The van der Waals surface area contributed by atoms with E-state index in [1.54, 1.807) is 0 Å². The minimum Gasteiger partial charge on any atom is -0.394 e. The van der Waals surface area contributed by atoms with Gasteiger partial charge in [0.25, 0.3) is 0 Å². The molecule has 0 bridgehead atoms. The summed E-state index contributed by atoms with van der Waals surface area (Å²) in [6.45, 7) is 1.09. The molecule has 198 valence electrons. The monoisotopic (exact) mass is 493 g/mol. The third-order valence-electron chi connectivity index (χ3n) is 6.69. The van der Waals surface area contributed by atoms with Gasteiger partial charge in [0.1, 0.15) is 36.6 Å². The van der Waals surface area contributed by atoms with Gasteiger partial charge in [-0.1, -0.05) is 0 Å². The number of nitrogens with two attached hydrogens (primary N) is 4. The molecular weight excluding hydrogens is 454 g/mol. The van der Waals surface area contributed by atoms with Gasteiger partial charge in [-0.05, 0) is 19.3 Å². The highest BCUT2D eigenvalue weighted by Crippen LogP contribution is 2.31. The van der Waals surface area contributed by atoms with Crippen LogP contribution in [0.15, 0.2) is 0 Å². The van der Waals surface area contributed by atoms with Crippen LogP contribution in [0.2, 0.25) is 0 Å². The van der Waals surface area contributed by atoms with Gasteiger partial charge in [0.05, 0.1) is 24.8 Å². The Bertz CT molecular complexity index is 676. The maximum Gasteiger partial charge on any atom is 0.217 e. The summed E-state index contributed by atoms with van der Waals surface area (Å²) in [6.07, 6.45) is -8.43. The Morgan fingerprint density at radius 3 is 2.15 bits per heavy atom. The number of ether oxygens (including phenoxy) is 4. The summed E-state index contributed by atoms with van der Waals surface area (Å²) in [5.74, 6) is -0.259. The molecule has 3 aliphatic rings. The van der Waals surface area contributed by atoms with Gasteiger partial charge in [0.2, 0.25) is 5.91 Å². The van der Waals surface area contributed by atoms with Crippen LogP contribution in [0, 0.1) is 0 Å². The van der Waals surface area contributed by atoms with Crippen molar-refractivity contribution in [1.29, 1.82) is 0 Å². The topological polar surface area (TPSA) is 251 Å². The van der Waals surface area contributed by atoms with Crippen LogP contribution in [0.5, 0.6) is 0 Å². The second-order valence-corrected chi connectivity index (χ2v) is 9.29. The average molecular weight is 494 g/mol. The first-order valence-electron chi connectivity index (χ1n) is 11.6. The van der Waals surface area contributed by atoms with Crippen molar-refractivity contribution in [2.75, 3.05) is 13.2 Å². The summed E-state index contributed by atoms with van der Waals surface area (Å²) in [5, 5.41) is 43.8. The molecule has 13 atom stereocenters. The maximum absolute atomic E-state index is 11.6. The number of nitrogens with one attached hydrogen (secondary N) is 1. The zero-order valence-corrected chi connectivity index (χ0v) is 19.2. The van der Waals surface area contributed by atoms with Crippen molar-refractivity contribution in [2.45, 2.75) is 106 Å². The van der Waals surface area contributed by atoms with Gasteiger partial charge in [-0.15, -0.1) is 0 Å². The highest BCUT2D eigenvalue weighted by molar-refractivity contribution is 5.73. The van der Waals surface area contributed by atoms with E-state index in [0.717, 1.165) is 0 Å². The second-order valence-electron chi connectivity index (χ2n) is 9.29. The van der Waals surface area contributed by atoms with Crippen LogP contribution >= 0.6 is 0 Å². The molecule has 0 radical (unpaired) electrons. The molecule has 0 aromatic carbocycles. The van der Waals surface area contributed by atoms with Crippen molar-refractivity contribution in [3.8, 4) is 0 Å². The molecule has 34 heavy (non-hydrogen) atoms. The van der Waals surface area contributed by atoms with E-state index in [0.29, 0.717) is 12.8 Å². The van der Waals surface area contributed by atoms with Gasteiger partial charge in [-0.3, -0.25) is 4.79 Å². The van der Waals surface area contributed by atoms with E-state index in [1.807, 2.05) is 0 Å². The first kappa shape index (κ1) is 27.6. The molecule has 0 aromatic rings. The summed E-state index contributed by atoms with van der Waals surface area (Å²) in [7, 11) is 0. The predicted molar refractivity (Wildman–Crippen MR) is 117 cm³/mol. The lowest BCUT2D eigenvalue weighted by Crippen LogP contribution is -2.68. The molecule has 0 aromatic heterocycles. The zero-order valence-electron chi connectivity index (χ0n) is 19.2. The van der Waals surface area contributed by atoms with Crippen molar-refractivity contribution < 1.29 is 44.2 Å². The largest absolute Gasteiger partial charge is 0.394 e. The van der Waals surface area contributed by atoms with Gasteiger partial charge in [-0.2, -0.15) is 0 Å². The molecular formula is C20H39N5O9. The number of hydrogen-bond acceptors (Lipinski definition) is 13. The van der Waals surface area contributed by atoms with E-state index in [1.165, 1.54) is 6.92 Å². The van der Waals surface area contributed by atoms with Gasteiger partial charge in [0.15, 0.2) is 12.6 Å². The van der Waals surface area contributed by atoms with Gasteiger partial charge < -0.3 is 67.6 Å². The van der Waals surface area contributed by atoms with Crippen molar-refractivity contribution in [1.82, 2.24) is 5.32 Å². The molecule has 2 aliphatic heterocycles. The van der Waals surface area contributed by atoms with Crippen molar-refractivity contribution in [3.63, 3.8) is 0 Å². The van der Waals surface area contributed by atoms with Crippen LogP contribution in [-0.2, 0) is 23.7 Å². The number of hydrogen-bond donors (Lipinski definition) is 9. The van der Waals surface area contributed by atoms with Crippen LogP contribution in [0.25, 0.3) is 0 Å². The van der Waals surface area contributed by atoms with Gasteiger partial charge in [0, 0.05) is 25.6 Å². The van der Waals surface area contributed by atoms with Crippen molar-refractivity contribution in [3.05, 3.63) is 0 Å². The second kappa shape index (κ2) is 11.8. The van der Waals surface area contributed by atoms with Gasteiger partial charge >= 0.3 is 0 Å². The first-order valence-corrected chi connectivity index (χ1v) is 11.6. The molecule has 2 saturated heterocycles. The Balaban J connectivity index is 1.73. The molecule has 1 saturated carbocycles. The van der Waals surface area contributed by atoms with Crippen LogP contribution < -0.4 is 28.3 Å². The SMILES string of the molecule is CC(=O)N[C@@H]1CC[C@@H](CN)O[C@@H]1O[C@H]1[C@H](O)[C@@H](O[C@H]2O[C@H](CO)[C@@H](O)[C@H](N)[C@H]2O)[C@H](N)C[C@@H]1N. The minimum atomic E-state index is -1.44.